The Balaban J connectivity index is 1.79. The fourth-order valence-electron chi connectivity index (χ4n) is 2.64. The van der Waals surface area contributed by atoms with Crippen molar-refractivity contribution < 1.29 is 4.79 Å². The zero-order valence-electron chi connectivity index (χ0n) is 11.1. The van der Waals surface area contributed by atoms with Crippen molar-refractivity contribution in [1.29, 1.82) is 0 Å². The number of thioether (sulfide) groups is 1. The summed E-state index contributed by atoms with van der Waals surface area (Å²) < 4.78 is 0. The zero-order valence-corrected chi connectivity index (χ0v) is 11.9. The van der Waals surface area contributed by atoms with E-state index < -0.39 is 0 Å². The van der Waals surface area contributed by atoms with Crippen LogP contribution in [0.25, 0.3) is 10.9 Å². The molecule has 1 unspecified atom stereocenters. The topological polar surface area (TPSA) is 36.1 Å². The molecule has 2 heterocycles. The van der Waals surface area contributed by atoms with Crippen LogP contribution in [0.4, 0.5) is 0 Å². The summed E-state index contributed by atoms with van der Waals surface area (Å²) in [6, 6.07) is 8.50. The first kappa shape index (κ1) is 12.6. The lowest BCUT2D eigenvalue weighted by molar-refractivity contribution is -0.131. The highest BCUT2D eigenvalue weighted by atomic mass is 32.2. The second kappa shape index (κ2) is 5.29. The molecular weight excluding hydrogens is 256 g/mol. The molecule has 0 saturated carbocycles. The summed E-state index contributed by atoms with van der Waals surface area (Å²) in [4.78, 5) is 17.7. The summed E-state index contributed by atoms with van der Waals surface area (Å²) in [6.07, 6.45) is 2.46. The minimum absolute atomic E-state index is 0.248. The first-order valence-electron chi connectivity index (χ1n) is 6.68. The van der Waals surface area contributed by atoms with E-state index in [4.69, 9.17) is 0 Å². The van der Waals surface area contributed by atoms with E-state index in [-0.39, 0.29) is 5.91 Å². The summed E-state index contributed by atoms with van der Waals surface area (Å²) in [7, 11) is 0. The Morgan fingerprint density at radius 2 is 2.32 bits per heavy atom. The van der Waals surface area contributed by atoms with Gasteiger partial charge in [-0.25, -0.2) is 0 Å². The molecule has 1 aromatic carbocycles. The van der Waals surface area contributed by atoms with Crippen LogP contribution in [0, 0.1) is 0 Å². The van der Waals surface area contributed by atoms with E-state index in [1.54, 1.807) is 0 Å². The van der Waals surface area contributed by atoms with Crippen molar-refractivity contribution >= 4 is 28.6 Å². The number of nitrogens with zero attached hydrogens (tertiary/aromatic N) is 1. The fourth-order valence-corrected chi connectivity index (χ4v) is 3.65. The Hall–Kier alpha value is -1.42. The molecular formula is C15H18N2OS. The van der Waals surface area contributed by atoms with Gasteiger partial charge in [0.15, 0.2) is 0 Å². The number of benzene rings is 1. The monoisotopic (exact) mass is 274 g/mol. The van der Waals surface area contributed by atoms with Gasteiger partial charge in [0.05, 0.1) is 6.42 Å². The average molecular weight is 274 g/mol. The van der Waals surface area contributed by atoms with Crippen molar-refractivity contribution in [3.05, 3.63) is 36.0 Å². The van der Waals surface area contributed by atoms with Crippen LogP contribution in [0.3, 0.4) is 0 Å². The molecule has 3 rings (SSSR count). The molecule has 1 aromatic heterocycles. The number of amides is 1. The van der Waals surface area contributed by atoms with Gasteiger partial charge in [-0.1, -0.05) is 18.2 Å². The SMILES string of the molecule is CC1CSCCN1C(=O)Cc1c[nH]c2ccccc12. The van der Waals surface area contributed by atoms with Gasteiger partial charge in [0, 0.05) is 41.2 Å². The Morgan fingerprint density at radius 3 is 3.16 bits per heavy atom. The smallest absolute Gasteiger partial charge is 0.227 e. The molecule has 0 radical (unpaired) electrons. The van der Waals surface area contributed by atoms with Gasteiger partial charge in [0.25, 0.3) is 0 Å². The largest absolute Gasteiger partial charge is 0.361 e. The van der Waals surface area contributed by atoms with Crippen LogP contribution in [0.5, 0.6) is 0 Å². The van der Waals surface area contributed by atoms with Gasteiger partial charge >= 0.3 is 0 Å². The van der Waals surface area contributed by atoms with Gasteiger partial charge in [0.2, 0.25) is 5.91 Å². The van der Waals surface area contributed by atoms with Crippen molar-refractivity contribution in [1.82, 2.24) is 9.88 Å². The Labute approximate surface area is 117 Å². The number of para-hydroxylation sites is 1. The minimum Gasteiger partial charge on any atom is -0.361 e. The molecule has 1 aliphatic heterocycles. The standard InChI is InChI=1S/C15H18N2OS/c1-11-10-19-7-6-17(11)15(18)8-12-9-16-14-5-3-2-4-13(12)14/h2-5,9,11,16H,6-8,10H2,1H3. The van der Waals surface area contributed by atoms with E-state index >= 15 is 0 Å². The number of carbonyl (C=O) groups excluding carboxylic acids is 1. The first-order chi connectivity index (χ1) is 9.25. The number of fused-ring (bicyclic) bond motifs is 1. The van der Waals surface area contributed by atoms with Gasteiger partial charge in [-0.2, -0.15) is 11.8 Å². The molecule has 1 amide bonds. The molecule has 19 heavy (non-hydrogen) atoms. The molecule has 3 nitrogen and oxygen atoms in total. The van der Waals surface area contributed by atoms with Gasteiger partial charge in [-0.15, -0.1) is 0 Å². The van der Waals surface area contributed by atoms with Gasteiger partial charge in [-0.05, 0) is 18.6 Å². The second-order valence-corrected chi connectivity index (χ2v) is 6.20. The van der Waals surface area contributed by atoms with Crippen LogP contribution in [-0.4, -0.2) is 39.9 Å². The third-order valence-electron chi connectivity index (χ3n) is 3.70. The summed E-state index contributed by atoms with van der Waals surface area (Å²) >= 11 is 1.93. The number of carbonyl (C=O) groups is 1. The number of rotatable bonds is 2. The maximum absolute atomic E-state index is 12.4. The van der Waals surface area contributed by atoms with Crippen LogP contribution in [0.1, 0.15) is 12.5 Å². The number of H-pyrrole nitrogens is 1. The molecule has 0 aliphatic carbocycles. The lowest BCUT2D eigenvalue weighted by Crippen LogP contribution is -2.45. The lowest BCUT2D eigenvalue weighted by atomic mass is 10.1. The molecule has 1 N–H and O–H groups in total. The van der Waals surface area contributed by atoms with E-state index in [1.807, 2.05) is 41.1 Å². The highest BCUT2D eigenvalue weighted by molar-refractivity contribution is 7.99. The van der Waals surface area contributed by atoms with E-state index in [0.29, 0.717) is 12.5 Å². The molecule has 0 bridgehead atoms. The van der Waals surface area contributed by atoms with E-state index in [0.717, 1.165) is 34.5 Å². The summed E-state index contributed by atoms with van der Waals surface area (Å²) in [5.41, 5.74) is 2.21. The van der Waals surface area contributed by atoms with Crippen molar-refractivity contribution in [3.63, 3.8) is 0 Å². The molecule has 1 atom stereocenters. The normalized spacial score (nSPS) is 19.8. The molecule has 1 fully saturated rings. The Morgan fingerprint density at radius 1 is 1.47 bits per heavy atom. The van der Waals surface area contributed by atoms with Crippen LogP contribution < -0.4 is 0 Å². The summed E-state index contributed by atoms with van der Waals surface area (Å²) in [6.45, 7) is 3.02. The minimum atomic E-state index is 0.248. The van der Waals surface area contributed by atoms with Crippen LogP contribution in [0.2, 0.25) is 0 Å². The highest BCUT2D eigenvalue weighted by Crippen LogP contribution is 2.21. The average Bonchev–Trinajstić information content (AvgIpc) is 2.83. The van der Waals surface area contributed by atoms with Gasteiger partial charge in [0.1, 0.15) is 0 Å². The molecule has 1 saturated heterocycles. The second-order valence-electron chi connectivity index (χ2n) is 5.05. The van der Waals surface area contributed by atoms with E-state index in [2.05, 4.69) is 18.0 Å². The number of aromatic amines is 1. The molecule has 4 heteroatoms. The molecule has 0 spiro atoms. The van der Waals surface area contributed by atoms with Crippen LogP contribution >= 0.6 is 11.8 Å². The lowest BCUT2D eigenvalue weighted by Gasteiger charge is -2.33. The van der Waals surface area contributed by atoms with Crippen molar-refractivity contribution in [2.75, 3.05) is 18.1 Å². The maximum Gasteiger partial charge on any atom is 0.227 e. The van der Waals surface area contributed by atoms with Crippen molar-refractivity contribution in [2.45, 2.75) is 19.4 Å². The number of hydrogen-bond acceptors (Lipinski definition) is 2. The van der Waals surface area contributed by atoms with Crippen molar-refractivity contribution in [3.8, 4) is 0 Å². The summed E-state index contributed by atoms with van der Waals surface area (Å²) in [5.74, 6) is 2.36. The molecule has 1 aliphatic rings. The third-order valence-corrected chi connectivity index (χ3v) is 4.89. The predicted octanol–water partition coefficient (Wildman–Crippen LogP) is 2.67. The number of nitrogens with one attached hydrogen (secondary N) is 1. The highest BCUT2D eigenvalue weighted by Gasteiger charge is 2.23. The van der Waals surface area contributed by atoms with Gasteiger partial charge in [-0.3, -0.25) is 4.79 Å². The van der Waals surface area contributed by atoms with Crippen molar-refractivity contribution in [2.24, 2.45) is 0 Å². The first-order valence-corrected chi connectivity index (χ1v) is 7.83. The molecule has 2 aromatic rings. The van der Waals surface area contributed by atoms with Gasteiger partial charge < -0.3 is 9.88 Å². The Kier molecular flexibility index (Phi) is 3.51. The van der Waals surface area contributed by atoms with E-state index in [1.165, 1.54) is 0 Å². The Bertz CT molecular complexity index is 593. The third kappa shape index (κ3) is 2.50. The predicted molar refractivity (Wildman–Crippen MR) is 80.5 cm³/mol. The maximum atomic E-state index is 12.4. The number of hydrogen-bond donors (Lipinski definition) is 1. The van der Waals surface area contributed by atoms with Crippen LogP contribution in [-0.2, 0) is 11.2 Å². The van der Waals surface area contributed by atoms with Crippen LogP contribution in [0.15, 0.2) is 30.5 Å². The zero-order chi connectivity index (χ0) is 13.2. The van der Waals surface area contributed by atoms with E-state index in [9.17, 15) is 4.79 Å². The fraction of sp³-hybridized carbons (Fsp3) is 0.400. The number of aromatic nitrogens is 1. The quantitative estimate of drug-likeness (QED) is 0.914. The summed E-state index contributed by atoms with van der Waals surface area (Å²) in [5, 5.41) is 1.16. The molecule has 100 valence electrons.